The summed E-state index contributed by atoms with van der Waals surface area (Å²) in [5, 5.41) is 0. The molecule has 2 N–H and O–H groups in total. The van der Waals surface area contributed by atoms with Crippen LogP contribution in [0.5, 0.6) is 0 Å². The molecule has 0 aromatic carbocycles. The maximum atomic E-state index is 10.6. The molecule has 0 bridgehead atoms. The number of carbonyl (C=O) groups is 1. The van der Waals surface area contributed by atoms with Crippen molar-refractivity contribution in [3.05, 3.63) is 0 Å². The number of amides is 1. The fourth-order valence-electron chi connectivity index (χ4n) is 1.48. The second kappa shape index (κ2) is 8.53. The van der Waals surface area contributed by atoms with E-state index < -0.39 is 0 Å². The van der Waals surface area contributed by atoms with Crippen LogP contribution < -0.4 is 5.73 Å². The zero-order valence-electron chi connectivity index (χ0n) is 11.2. The maximum Gasteiger partial charge on any atom is 0.231 e. The van der Waals surface area contributed by atoms with Gasteiger partial charge in [-0.3, -0.25) is 9.69 Å². The lowest BCUT2D eigenvalue weighted by Crippen LogP contribution is -2.48. The lowest BCUT2D eigenvalue weighted by atomic mass is 10.3. The molecule has 4 heteroatoms. The lowest BCUT2D eigenvalue weighted by Gasteiger charge is -2.33. The van der Waals surface area contributed by atoms with Crippen LogP contribution in [0.4, 0.5) is 0 Å². The summed E-state index contributed by atoms with van der Waals surface area (Å²) in [5.41, 5.74) is 5.10. The Balaban J connectivity index is 0.000000487. The first-order valence-electron chi connectivity index (χ1n) is 6.18. The number of likely N-dealkylation sites (N-methyl/N-ethyl adjacent to an activating group) is 1. The highest BCUT2D eigenvalue weighted by atomic mass is 16.1. The van der Waals surface area contributed by atoms with Gasteiger partial charge in [0, 0.05) is 26.2 Å². The van der Waals surface area contributed by atoms with Crippen molar-refractivity contribution in [2.45, 2.75) is 27.7 Å². The summed E-state index contributed by atoms with van der Waals surface area (Å²) in [6.07, 6.45) is 0. The number of piperazine rings is 1. The van der Waals surface area contributed by atoms with Gasteiger partial charge in [0.25, 0.3) is 0 Å². The van der Waals surface area contributed by atoms with E-state index in [9.17, 15) is 4.79 Å². The second-order valence-electron chi connectivity index (χ2n) is 4.91. The number of nitrogens with zero attached hydrogens (tertiary/aromatic N) is 2. The summed E-state index contributed by atoms with van der Waals surface area (Å²) < 4.78 is 0. The van der Waals surface area contributed by atoms with Crippen LogP contribution >= 0.6 is 0 Å². The Hall–Kier alpha value is -0.610. The van der Waals surface area contributed by atoms with Crippen molar-refractivity contribution in [1.29, 1.82) is 0 Å². The van der Waals surface area contributed by atoms with Crippen molar-refractivity contribution in [3.63, 3.8) is 0 Å². The van der Waals surface area contributed by atoms with Crippen LogP contribution in [0.3, 0.4) is 0 Å². The van der Waals surface area contributed by atoms with Gasteiger partial charge in [0.2, 0.25) is 5.91 Å². The van der Waals surface area contributed by atoms with Gasteiger partial charge in [-0.1, -0.05) is 27.7 Å². The maximum absolute atomic E-state index is 10.6. The van der Waals surface area contributed by atoms with Crippen molar-refractivity contribution in [2.24, 2.45) is 11.7 Å². The van der Waals surface area contributed by atoms with E-state index in [1.807, 2.05) is 0 Å². The summed E-state index contributed by atoms with van der Waals surface area (Å²) in [7, 11) is 0. The van der Waals surface area contributed by atoms with Crippen LogP contribution in [0.15, 0.2) is 0 Å². The molecule has 0 radical (unpaired) electrons. The van der Waals surface area contributed by atoms with E-state index in [1.165, 1.54) is 0 Å². The number of rotatable bonds is 3. The zero-order chi connectivity index (χ0) is 12.6. The van der Waals surface area contributed by atoms with Crippen LogP contribution in [-0.2, 0) is 4.79 Å². The molecule has 4 nitrogen and oxygen atoms in total. The van der Waals surface area contributed by atoms with E-state index in [2.05, 4.69) is 37.5 Å². The Kier molecular flexibility index (Phi) is 8.21. The summed E-state index contributed by atoms with van der Waals surface area (Å²) in [4.78, 5) is 15.1. The molecular weight excluding hydrogens is 202 g/mol. The molecule has 0 spiro atoms. The largest absolute Gasteiger partial charge is 0.369 e. The first kappa shape index (κ1) is 15.4. The zero-order valence-corrected chi connectivity index (χ0v) is 11.2. The van der Waals surface area contributed by atoms with Gasteiger partial charge in [-0.15, -0.1) is 0 Å². The molecule has 1 aliphatic rings. The lowest BCUT2D eigenvalue weighted by molar-refractivity contribution is -0.119. The van der Waals surface area contributed by atoms with Crippen LogP contribution in [-0.4, -0.2) is 55.0 Å². The predicted molar refractivity (Wildman–Crippen MR) is 68.3 cm³/mol. The van der Waals surface area contributed by atoms with Gasteiger partial charge in [-0.05, 0) is 12.5 Å². The van der Waals surface area contributed by atoms with Crippen LogP contribution in [0.25, 0.3) is 0 Å². The van der Waals surface area contributed by atoms with Gasteiger partial charge in [-0.25, -0.2) is 0 Å². The van der Waals surface area contributed by atoms with Gasteiger partial charge in [0.1, 0.15) is 0 Å². The molecule has 1 aliphatic heterocycles. The minimum absolute atomic E-state index is 0.222. The highest BCUT2D eigenvalue weighted by molar-refractivity contribution is 5.75. The first-order chi connectivity index (χ1) is 7.45. The number of hydrogen-bond donors (Lipinski definition) is 1. The summed E-state index contributed by atoms with van der Waals surface area (Å²) in [6.45, 7) is 14.2. The topological polar surface area (TPSA) is 49.6 Å². The third-order valence-corrected chi connectivity index (χ3v) is 2.29. The monoisotopic (exact) mass is 229 g/mol. The average Bonchev–Trinajstić information content (AvgIpc) is 2.17. The molecule has 1 saturated heterocycles. The molecule has 16 heavy (non-hydrogen) atoms. The van der Waals surface area contributed by atoms with Gasteiger partial charge < -0.3 is 10.6 Å². The van der Waals surface area contributed by atoms with Crippen LogP contribution in [0.2, 0.25) is 0 Å². The van der Waals surface area contributed by atoms with Crippen molar-refractivity contribution >= 4 is 5.91 Å². The van der Waals surface area contributed by atoms with Gasteiger partial charge in [-0.2, -0.15) is 0 Å². The smallest absolute Gasteiger partial charge is 0.231 e. The normalized spacial score (nSPS) is 18.1. The first-order valence-corrected chi connectivity index (χ1v) is 6.18. The number of hydrogen-bond acceptors (Lipinski definition) is 3. The molecule has 96 valence electrons. The van der Waals surface area contributed by atoms with Crippen LogP contribution in [0, 0.1) is 5.92 Å². The average molecular weight is 229 g/mol. The highest BCUT2D eigenvalue weighted by Gasteiger charge is 2.15. The standard InChI is InChI=1S/C8H17N3O.C4H10/c1-2-10-3-5-11(6-4-10)7-8(9)12;1-4(2)3/h2-7H2,1H3,(H2,9,12);4H,1-3H3. The Morgan fingerprint density at radius 2 is 1.50 bits per heavy atom. The highest BCUT2D eigenvalue weighted by Crippen LogP contribution is 1.99. The van der Waals surface area contributed by atoms with E-state index in [1.54, 1.807) is 0 Å². The molecule has 0 aliphatic carbocycles. The number of primary amides is 1. The van der Waals surface area contributed by atoms with E-state index in [4.69, 9.17) is 5.73 Å². The van der Waals surface area contributed by atoms with E-state index in [-0.39, 0.29) is 5.91 Å². The second-order valence-corrected chi connectivity index (χ2v) is 4.91. The Morgan fingerprint density at radius 3 is 1.81 bits per heavy atom. The molecule has 0 unspecified atom stereocenters. The molecule has 1 fully saturated rings. The third-order valence-electron chi connectivity index (χ3n) is 2.29. The molecule has 1 amide bonds. The predicted octanol–water partition coefficient (Wildman–Crippen LogP) is 0.772. The Bertz CT molecular complexity index is 184. The van der Waals surface area contributed by atoms with Gasteiger partial charge in [0.05, 0.1) is 6.54 Å². The summed E-state index contributed by atoms with van der Waals surface area (Å²) in [5.74, 6) is 0.611. The Labute approximate surface area is 99.8 Å². The number of nitrogens with two attached hydrogens (primary N) is 1. The molecule has 1 heterocycles. The van der Waals surface area contributed by atoms with E-state index in [0.717, 1.165) is 38.6 Å². The third kappa shape index (κ3) is 8.68. The van der Waals surface area contributed by atoms with Crippen molar-refractivity contribution in [1.82, 2.24) is 9.80 Å². The molecule has 0 aromatic heterocycles. The number of carbonyl (C=O) groups excluding carboxylic acids is 1. The summed E-state index contributed by atoms with van der Waals surface area (Å²) in [6, 6.07) is 0. The molecular formula is C12H27N3O. The quantitative estimate of drug-likeness (QED) is 0.778. The fourth-order valence-corrected chi connectivity index (χ4v) is 1.48. The SMILES string of the molecule is CC(C)C.CCN1CCN(CC(N)=O)CC1. The minimum Gasteiger partial charge on any atom is -0.369 e. The summed E-state index contributed by atoms with van der Waals surface area (Å²) >= 11 is 0. The molecule has 0 atom stereocenters. The fraction of sp³-hybridized carbons (Fsp3) is 0.917. The molecule has 0 aromatic rings. The van der Waals surface area contributed by atoms with Crippen molar-refractivity contribution in [2.75, 3.05) is 39.3 Å². The van der Waals surface area contributed by atoms with Gasteiger partial charge >= 0.3 is 0 Å². The van der Waals surface area contributed by atoms with Gasteiger partial charge in [0.15, 0.2) is 0 Å². The molecule has 1 rings (SSSR count). The van der Waals surface area contributed by atoms with Crippen molar-refractivity contribution in [3.8, 4) is 0 Å². The molecule has 0 saturated carbocycles. The van der Waals surface area contributed by atoms with E-state index >= 15 is 0 Å². The van der Waals surface area contributed by atoms with Crippen molar-refractivity contribution < 1.29 is 4.79 Å². The van der Waals surface area contributed by atoms with E-state index in [0.29, 0.717) is 6.54 Å². The van der Waals surface area contributed by atoms with Crippen LogP contribution in [0.1, 0.15) is 27.7 Å². The Morgan fingerprint density at radius 1 is 1.12 bits per heavy atom. The minimum atomic E-state index is -0.222.